The van der Waals surface area contributed by atoms with Gasteiger partial charge in [0.1, 0.15) is 18.0 Å². The Morgan fingerprint density at radius 1 is 1.24 bits per heavy atom. The van der Waals surface area contributed by atoms with Crippen molar-refractivity contribution in [2.24, 2.45) is 0 Å². The van der Waals surface area contributed by atoms with E-state index in [0.29, 0.717) is 13.0 Å². The van der Waals surface area contributed by atoms with Crippen molar-refractivity contribution in [3.05, 3.63) is 29.3 Å². The lowest BCUT2D eigenvalue weighted by Gasteiger charge is -2.40. The maximum atomic E-state index is 9.59. The molecule has 1 fully saturated rings. The zero-order valence-electron chi connectivity index (χ0n) is 10.6. The summed E-state index contributed by atoms with van der Waals surface area (Å²) in [6.07, 6.45) is 0.0651. The van der Waals surface area contributed by atoms with E-state index < -0.39 is 0 Å². The van der Waals surface area contributed by atoms with Crippen molar-refractivity contribution < 1.29 is 14.6 Å². The van der Waals surface area contributed by atoms with Crippen molar-refractivity contribution in [3.63, 3.8) is 0 Å². The molecule has 0 aliphatic heterocycles. The zero-order valence-corrected chi connectivity index (χ0v) is 10.6. The van der Waals surface area contributed by atoms with Gasteiger partial charge >= 0.3 is 0 Å². The Bertz CT molecular complexity index is 369. The Morgan fingerprint density at radius 3 is 2.41 bits per heavy atom. The summed E-state index contributed by atoms with van der Waals surface area (Å²) < 4.78 is 11.3. The molecular weight excluding hydrogens is 216 g/mol. The van der Waals surface area contributed by atoms with Crippen LogP contribution in [0.4, 0.5) is 0 Å². The van der Waals surface area contributed by atoms with Crippen LogP contribution >= 0.6 is 0 Å². The SMILES string of the molecule is CCOC1C(O)CC1Oc1cc(C)cc(C)c1. The highest BCUT2D eigenvalue weighted by atomic mass is 16.6. The number of aliphatic hydroxyl groups excluding tert-OH is 1. The minimum atomic E-state index is -0.383. The standard InChI is InChI=1S/C14H20O3/c1-4-16-14-12(15)8-13(14)17-11-6-9(2)5-10(3)7-11/h5-7,12-15H,4,8H2,1-3H3. The molecule has 1 aliphatic rings. The molecule has 1 N–H and O–H groups in total. The number of aliphatic hydroxyl groups is 1. The van der Waals surface area contributed by atoms with Crippen LogP contribution in [0, 0.1) is 13.8 Å². The fourth-order valence-electron chi connectivity index (χ4n) is 2.26. The predicted octanol–water partition coefficient (Wildman–Crippen LogP) is 2.22. The molecule has 1 aromatic rings. The maximum Gasteiger partial charge on any atom is 0.130 e. The smallest absolute Gasteiger partial charge is 0.130 e. The van der Waals surface area contributed by atoms with Gasteiger partial charge in [0.05, 0.1) is 6.10 Å². The minimum absolute atomic E-state index is 0.0221. The number of ether oxygens (including phenoxy) is 2. The molecule has 3 heteroatoms. The Kier molecular flexibility index (Phi) is 3.69. The van der Waals surface area contributed by atoms with Crippen LogP contribution < -0.4 is 4.74 Å². The van der Waals surface area contributed by atoms with E-state index in [4.69, 9.17) is 9.47 Å². The van der Waals surface area contributed by atoms with Crippen LogP contribution in [0.25, 0.3) is 0 Å². The topological polar surface area (TPSA) is 38.7 Å². The predicted molar refractivity (Wildman–Crippen MR) is 66.4 cm³/mol. The molecular formula is C14H20O3. The van der Waals surface area contributed by atoms with Crippen LogP contribution in [0.15, 0.2) is 18.2 Å². The van der Waals surface area contributed by atoms with E-state index in [1.54, 1.807) is 0 Å². The average molecular weight is 236 g/mol. The largest absolute Gasteiger partial charge is 0.487 e. The van der Waals surface area contributed by atoms with Crippen molar-refractivity contribution in [1.29, 1.82) is 0 Å². The second-order valence-corrected chi connectivity index (χ2v) is 4.70. The van der Waals surface area contributed by atoms with E-state index in [2.05, 4.69) is 19.9 Å². The van der Waals surface area contributed by atoms with Crippen molar-refractivity contribution in [3.8, 4) is 5.75 Å². The van der Waals surface area contributed by atoms with E-state index in [1.165, 1.54) is 11.1 Å². The fraction of sp³-hybridized carbons (Fsp3) is 0.571. The third-order valence-corrected chi connectivity index (χ3v) is 3.06. The normalized spacial score (nSPS) is 27.6. The molecule has 17 heavy (non-hydrogen) atoms. The van der Waals surface area contributed by atoms with Gasteiger partial charge in [-0.05, 0) is 44.0 Å². The molecule has 0 radical (unpaired) electrons. The lowest BCUT2D eigenvalue weighted by molar-refractivity contribution is -0.160. The van der Waals surface area contributed by atoms with Crippen molar-refractivity contribution >= 4 is 0 Å². The lowest BCUT2D eigenvalue weighted by Crippen LogP contribution is -2.55. The van der Waals surface area contributed by atoms with E-state index in [9.17, 15) is 5.11 Å². The van der Waals surface area contributed by atoms with E-state index in [0.717, 1.165) is 5.75 Å². The van der Waals surface area contributed by atoms with Gasteiger partial charge in [0.25, 0.3) is 0 Å². The van der Waals surface area contributed by atoms with Crippen molar-refractivity contribution in [2.75, 3.05) is 6.61 Å². The summed E-state index contributed by atoms with van der Waals surface area (Å²) in [6, 6.07) is 6.14. The van der Waals surface area contributed by atoms with Crippen LogP contribution in [0.1, 0.15) is 24.5 Å². The summed E-state index contributed by atoms with van der Waals surface area (Å²) in [5, 5.41) is 9.59. The number of benzene rings is 1. The van der Waals surface area contributed by atoms with Gasteiger partial charge in [-0.3, -0.25) is 0 Å². The Morgan fingerprint density at radius 2 is 1.88 bits per heavy atom. The van der Waals surface area contributed by atoms with Gasteiger partial charge in [0, 0.05) is 13.0 Å². The Hall–Kier alpha value is -1.06. The first-order valence-corrected chi connectivity index (χ1v) is 6.14. The lowest BCUT2D eigenvalue weighted by atomic mass is 9.88. The summed E-state index contributed by atoms with van der Waals surface area (Å²) in [6.45, 7) is 6.64. The third-order valence-electron chi connectivity index (χ3n) is 3.06. The molecule has 0 heterocycles. The first-order valence-electron chi connectivity index (χ1n) is 6.14. The maximum absolute atomic E-state index is 9.59. The monoisotopic (exact) mass is 236 g/mol. The summed E-state index contributed by atoms with van der Waals surface area (Å²) >= 11 is 0. The van der Waals surface area contributed by atoms with Gasteiger partial charge in [0.15, 0.2) is 0 Å². The molecule has 2 rings (SSSR count). The summed E-state index contributed by atoms with van der Waals surface area (Å²) in [4.78, 5) is 0. The summed E-state index contributed by atoms with van der Waals surface area (Å²) in [5.41, 5.74) is 2.38. The highest BCUT2D eigenvalue weighted by Gasteiger charge is 2.42. The molecule has 1 aliphatic carbocycles. The van der Waals surface area contributed by atoms with Gasteiger partial charge in [-0.1, -0.05) is 6.07 Å². The minimum Gasteiger partial charge on any atom is -0.487 e. The molecule has 0 amide bonds. The number of aryl methyl sites for hydroxylation is 2. The van der Waals surface area contributed by atoms with Gasteiger partial charge in [-0.15, -0.1) is 0 Å². The molecule has 3 atom stereocenters. The molecule has 0 saturated heterocycles. The summed E-state index contributed by atoms with van der Waals surface area (Å²) in [5.74, 6) is 0.865. The molecule has 1 aromatic carbocycles. The molecule has 0 aromatic heterocycles. The van der Waals surface area contributed by atoms with Crippen molar-refractivity contribution in [1.82, 2.24) is 0 Å². The first-order chi connectivity index (χ1) is 8.10. The number of hydrogen-bond donors (Lipinski definition) is 1. The van der Waals surface area contributed by atoms with Crippen LogP contribution in [0.2, 0.25) is 0 Å². The van der Waals surface area contributed by atoms with Crippen LogP contribution in [0.5, 0.6) is 5.75 Å². The molecule has 94 valence electrons. The number of hydrogen-bond acceptors (Lipinski definition) is 3. The fourth-order valence-corrected chi connectivity index (χ4v) is 2.26. The second kappa shape index (κ2) is 5.07. The van der Waals surface area contributed by atoms with Gasteiger partial charge in [0.2, 0.25) is 0 Å². The quantitative estimate of drug-likeness (QED) is 0.871. The Labute approximate surface area is 102 Å². The van der Waals surface area contributed by atoms with E-state index in [-0.39, 0.29) is 18.3 Å². The average Bonchev–Trinajstić information content (AvgIpc) is 2.24. The zero-order chi connectivity index (χ0) is 12.4. The Balaban J connectivity index is 2.01. The molecule has 3 unspecified atom stereocenters. The van der Waals surface area contributed by atoms with Gasteiger partial charge in [-0.2, -0.15) is 0 Å². The molecule has 0 spiro atoms. The van der Waals surface area contributed by atoms with Crippen molar-refractivity contribution in [2.45, 2.75) is 45.5 Å². The number of rotatable bonds is 4. The first kappa shape index (κ1) is 12.4. The molecule has 1 saturated carbocycles. The second-order valence-electron chi connectivity index (χ2n) is 4.70. The highest BCUT2D eigenvalue weighted by molar-refractivity contribution is 5.33. The van der Waals surface area contributed by atoms with E-state index >= 15 is 0 Å². The highest BCUT2D eigenvalue weighted by Crippen LogP contribution is 2.29. The molecule has 3 nitrogen and oxygen atoms in total. The third kappa shape index (κ3) is 2.79. The van der Waals surface area contributed by atoms with Crippen LogP contribution in [-0.4, -0.2) is 30.0 Å². The summed E-state index contributed by atoms with van der Waals surface area (Å²) in [7, 11) is 0. The van der Waals surface area contributed by atoms with Crippen LogP contribution in [-0.2, 0) is 4.74 Å². The van der Waals surface area contributed by atoms with Gasteiger partial charge < -0.3 is 14.6 Å². The van der Waals surface area contributed by atoms with E-state index in [1.807, 2.05) is 19.1 Å². The van der Waals surface area contributed by atoms with Crippen LogP contribution in [0.3, 0.4) is 0 Å². The van der Waals surface area contributed by atoms with Gasteiger partial charge in [-0.25, -0.2) is 0 Å². The molecule has 0 bridgehead atoms.